The first-order valence-electron chi connectivity index (χ1n) is 7.86. The zero-order chi connectivity index (χ0) is 19.5. The third-order valence-corrected chi connectivity index (χ3v) is 3.72. The first-order valence-corrected chi connectivity index (χ1v) is 7.86. The van der Waals surface area contributed by atoms with Crippen molar-refractivity contribution in [1.82, 2.24) is 0 Å². The summed E-state index contributed by atoms with van der Waals surface area (Å²) < 4.78 is 105. The lowest BCUT2D eigenvalue weighted by Gasteiger charge is -2.34. The number of hydrogen-bond acceptors (Lipinski definition) is 3. The minimum Gasteiger partial charge on any atom is -0.399 e. The first-order chi connectivity index (χ1) is 12.0. The molecule has 0 N–H and O–H groups in total. The van der Waals surface area contributed by atoms with E-state index in [-0.39, 0.29) is 19.1 Å². The van der Waals surface area contributed by atoms with Crippen LogP contribution in [0.4, 0.5) is 30.7 Å². The summed E-state index contributed by atoms with van der Waals surface area (Å²) >= 11 is 0. The second kappa shape index (κ2) is 7.99. The molecule has 148 valence electrons. The van der Waals surface area contributed by atoms with Gasteiger partial charge in [0.2, 0.25) is 12.0 Å². The topological polar surface area (TPSA) is 27.7 Å². The van der Waals surface area contributed by atoms with Crippen LogP contribution in [0.5, 0.6) is 5.75 Å². The Balaban J connectivity index is 2.07. The molecular weight excluding hydrogens is 373 g/mol. The van der Waals surface area contributed by atoms with E-state index in [2.05, 4.69) is 4.74 Å². The van der Waals surface area contributed by atoms with Gasteiger partial charge in [-0.1, -0.05) is 13.3 Å². The van der Waals surface area contributed by atoms with Crippen LogP contribution in [0, 0.1) is 17.6 Å². The van der Waals surface area contributed by atoms with Gasteiger partial charge >= 0.3 is 12.3 Å². The first kappa shape index (κ1) is 20.8. The van der Waals surface area contributed by atoms with E-state index in [9.17, 15) is 30.7 Å². The number of hydrogen-bond donors (Lipinski definition) is 0. The summed E-state index contributed by atoms with van der Waals surface area (Å²) in [5.74, 6) is -8.80. The predicted molar refractivity (Wildman–Crippen MR) is 75.8 cm³/mol. The van der Waals surface area contributed by atoms with Gasteiger partial charge in [-0.2, -0.15) is 0 Å². The van der Waals surface area contributed by atoms with E-state index in [1.165, 1.54) is 0 Å². The molecule has 0 saturated carbocycles. The van der Waals surface area contributed by atoms with Gasteiger partial charge in [0.25, 0.3) is 0 Å². The molecule has 0 radical (unpaired) electrons. The maximum atomic E-state index is 14.2. The molecule has 1 aromatic carbocycles. The molecule has 1 aliphatic rings. The van der Waals surface area contributed by atoms with Gasteiger partial charge in [-0.25, -0.2) is 17.6 Å². The molecule has 10 heteroatoms. The van der Waals surface area contributed by atoms with Crippen molar-refractivity contribution in [3.8, 4) is 5.75 Å². The largest absolute Gasteiger partial charge is 0.573 e. The Labute approximate surface area is 145 Å². The van der Waals surface area contributed by atoms with Gasteiger partial charge in [-0.15, -0.1) is 13.2 Å². The van der Waals surface area contributed by atoms with Crippen LogP contribution in [0.15, 0.2) is 12.1 Å². The van der Waals surface area contributed by atoms with E-state index in [0.717, 1.165) is 12.8 Å². The zero-order valence-corrected chi connectivity index (χ0v) is 13.7. The molecule has 0 unspecified atom stereocenters. The average molecular weight is 390 g/mol. The molecule has 0 aliphatic carbocycles. The molecule has 0 bridgehead atoms. The van der Waals surface area contributed by atoms with Gasteiger partial charge in [-0.05, 0) is 24.1 Å². The molecule has 1 heterocycles. The van der Waals surface area contributed by atoms with Gasteiger partial charge in [0.1, 0.15) is 0 Å². The van der Waals surface area contributed by atoms with Gasteiger partial charge in [0, 0.05) is 12.3 Å². The standard InChI is InChI=1S/C16H17F7O3/c1-2-3-9-7-24-14(25-8-9)15(19,20)6-10-4-11(17)13(12(18)5-10)26-16(21,22)23/h4-5,9,14H,2-3,6-8H2,1H3. The van der Waals surface area contributed by atoms with E-state index in [0.29, 0.717) is 12.1 Å². The van der Waals surface area contributed by atoms with Crippen LogP contribution < -0.4 is 4.74 Å². The van der Waals surface area contributed by atoms with E-state index >= 15 is 0 Å². The third kappa shape index (κ3) is 5.47. The Morgan fingerprint density at radius 3 is 2.04 bits per heavy atom. The molecule has 0 spiro atoms. The van der Waals surface area contributed by atoms with E-state index in [1.807, 2.05) is 6.92 Å². The fraction of sp³-hybridized carbons (Fsp3) is 0.625. The van der Waals surface area contributed by atoms with Crippen LogP contribution in [0.3, 0.4) is 0 Å². The highest BCUT2D eigenvalue weighted by Crippen LogP contribution is 2.34. The molecule has 26 heavy (non-hydrogen) atoms. The Bertz CT molecular complexity index is 587. The fourth-order valence-corrected chi connectivity index (χ4v) is 2.65. The Kier molecular flexibility index (Phi) is 6.38. The molecule has 1 aliphatic heterocycles. The van der Waals surface area contributed by atoms with Crippen molar-refractivity contribution in [2.45, 2.75) is 44.8 Å². The normalized spacial score (nSPS) is 21.7. The van der Waals surface area contributed by atoms with Crippen LogP contribution in [0.2, 0.25) is 0 Å². The second-order valence-corrected chi connectivity index (χ2v) is 6.03. The summed E-state index contributed by atoms with van der Waals surface area (Å²) in [5, 5.41) is 0. The molecule has 0 aromatic heterocycles. The highest BCUT2D eigenvalue weighted by Gasteiger charge is 2.44. The highest BCUT2D eigenvalue weighted by atomic mass is 19.4. The minimum absolute atomic E-state index is 0.0132. The maximum Gasteiger partial charge on any atom is 0.573 e. The Hall–Kier alpha value is -1.55. The molecule has 1 aromatic rings. The van der Waals surface area contributed by atoms with Crippen LogP contribution >= 0.6 is 0 Å². The van der Waals surface area contributed by atoms with Crippen molar-refractivity contribution in [2.75, 3.05) is 13.2 Å². The number of alkyl halides is 5. The van der Waals surface area contributed by atoms with E-state index in [4.69, 9.17) is 9.47 Å². The van der Waals surface area contributed by atoms with Gasteiger partial charge < -0.3 is 14.2 Å². The van der Waals surface area contributed by atoms with Gasteiger partial charge in [-0.3, -0.25) is 0 Å². The Morgan fingerprint density at radius 2 is 1.58 bits per heavy atom. The van der Waals surface area contributed by atoms with Crippen LogP contribution in [-0.2, 0) is 15.9 Å². The number of benzene rings is 1. The van der Waals surface area contributed by atoms with Gasteiger partial charge in [0.05, 0.1) is 13.2 Å². The quantitative estimate of drug-likeness (QED) is 0.652. The molecule has 0 atom stereocenters. The summed E-state index contributed by atoms with van der Waals surface area (Å²) in [6.45, 7) is 2.06. The summed E-state index contributed by atoms with van der Waals surface area (Å²) in [5.41, 5.74) is -0.553. The monoisotopic (exact) mass is 390 g/mol. The lowest BCUT2D eigenvalue weighted by atomic mass is 10.0. The van der Waals surface area contributed by atoms with Crippen molar-refractivity contribution >= 4 is 0 Å². The van der Waals surface area contributed by atoms with Crippen molar-refractivity contribution < 1.29 is 44.9 Å². The van der Waals surface area contributed by atoms with Crippen LogP contribution in [0.1, 0.15) is 25.3 Å². The molecular formula is C16H17F7O3. The van der Waals surface area contributed by atoms with Crippen molar-refractivity contribution in [3.63, 3.8) is 0 Å². The summed E-state index contributed by atoms with van der Waals surface area (Å²) in [6, 6.07) is 0.724. The molecule has 1 fully saturated rings. The summed E-state index contributed by atoms with van der Waals surface area (Å²) in [6.07, 6.45) is -6.80. The minimum atomic E-state index is -5.31. The SMILES string of the molecule is CCCC1COC(C(F)(F)Cc2cc(F)c(OC(F)(F)F)c(F)c2)OC1. The molecule has 0 amide bonds. The van der Waals surface area contributed by atoms with Gasteiger partial charge in [0.15, 0.2) is 11.6 Å². The van der Waals surface area contributed by atoms with Crippen LogP contribution in [-0.4, -0.2) is 31.8 Å². The summed E-state index contributed by atoms with van der Waals surface area (Å²) in [7, 11) is 0. The maximum absolute atomic E-state index is 14.2. The van der Waals surface area contributed by atoms with Crippen molar-refractivity contribution in [2.24, 2.45) is 5.92 Å². The fourth-order valence-electron chi connectivity index (χ4n) is 2.65. The number of ether oxygens (including phenoxy) is 3. The molecule has 3 nitrogen and oxygen atoms in total. The number of halogens is 7. The Morgan fingerprint density at radius 1 is 1.04 bits per heavy atom. The third-order valence-electron chi connectivity index (χ3n) is 3.72. The summed E-state index contributed by atoms with van der Waals surface area (Å²) in [4.78, 5) is 0. The van der Waals surface area contributed by atoms with E-state index < -0.39 is 47.9 Å². The zero-order valence-electron chi connectivity index (χ0n) is 13.7. The lowest BCUT2D eigenvalue weighted by Crippen LogP contribution is -2.45. The second-order valence-electron chi connectivity index (χ2n) is 6.03. The average Bonchev–Trinajstić information content (AvgIpc) is 2.50. The highest BCUT2D eigenvalue weighted by molar-refractivity contribution is 5.32. The van der Waals surface area contributed by atoms with Crippen LogP contribution in [0.25, 0.3) is 0 Å². The number of rotatable bonds is 6. The van der Waals surface area contributed by atoms with Crippen molar-refractivity contribution in [3.05, 3.63) is 29.3 Å². The smallest absolute Gasteiger partial charge is 0.399 e. The van der Waals surface area contributed by atoms with E-state index in [1.54, 1.807) is 0 Å². The van der Waals surface area contributed by atoms with Crippen molar-refractivity contribution in [1.29, 1.82) is 0 Å². The molecule has 2 rings (SSSR count). The predicted octanol–water partition coefficient (Wildman–Crippen LogP) is 4.83. The lowest BCUT2D eigenvalue weighted by molar-refractivity contribution is -0.290. The molecule has 1 saturated heterocycles.